The SMILES string of the molecule is O=C(CNCc1cccc(-c2ccc(CC(Nc3ccccc3C(=O)O)C(=O)O)cc2)c1)c1ccccc1. The van der Waals surface area contributed by atoms with Crippen molar-refractivity contribution < 1.29 is 24.6 Å². The first-order valence-electron chi connectivity index (χ1n) is 12.2. The highest BCUT2D eigenvalue weighted by molar-refractivity contribution is 5.97. The van der Waals surface area contributed by atoms with Crippen LogP contribution < -0.4 is 10.6 Å². The van der Waals surface area contributed by atoms with Crippen LogP contribution >= 0.6 is 0 Å². The van der Waals surface area contributed by atoms with E-state index in [2.05, 4.69) is 16.7 Å². The molecule has 4 rings (SSSR count). The zero-order valence-electron chi connectivity index (χ0n) is 20.6. The van der Waals surface area contributed by atoms with Gasteiger partial charge in [0.05, 0.1) is 12.1 Å². The maximum Gasteiger partial charge on any atom is 0.337 e. The van der Waals surface area contributed by atoms with Crippen LogP contribution in [0.2, 0.25) is 0 Å². The molecule has 1 unspecified atom stereocenters. The Balaban J connectivity index is 1.38. The first-order valence-corrected chi connectivity index (χ1v) is 12.2. The molecular weight excluding hydrogens is 480 g/mol. The van der Waals surface area contributed by atoms with E-state index in [1.165, 1.54) is 6.07 Å². The second kappa shape index (κ2) is 12.5. The number of aromatic carboxylic acids is 1. The molecule has 0 radical (unpaired) electrons. The summed E-state index contributed by atoms with van der Waals surface area (Å²) in [5.74, 6) is -2.15. The number of benzene rings is 4. The molecular formula is C31H28N2O5. The van der Waals surface area contributed by atoms with Gasteiger partial charge in [-0.3, -0.25) is 4.79 Å². The van der Waals surface area contributed by atoms with Crippen molar-refractivity contribution in [2.24, 2.45) is 0 Å². The second-order valence-electron chi connectivity index (χ2n) is 8.88. The molecule has 0 fully saturated rings. The quantitative estimate of drug-likeness (QED) is 0.196. The molecule has 0 saturated heterocycles. The summed E-state index contributed by atoms with van der Waals surface area (Å²) in [6, 6.07) is 30.1. The minimum Gasteiger partial charge on any atom is -0.480 e. The number of anilines is 1. The highest BCUT2D eigenvalue weighted by Crippen LogP contribution is 2.23. The van der Waals surface area contributed by atoms with Gasteiger partial charge in [-0.05, 0) is 40.5 Å². The number of hydrogen-bond donors (Lipinski definition) is 4. The number of nitrogens with one attached hydrogen (secondary N) is 2. The molecule has 0 amide bonds. The third kappa shape index (κ3) is 6.93. The van der Waals surface area contributed by atoms with Gasteiger partial charge < -0.3 is 20.8 Å². The van der Waals surface area contributed by atoms with Crippen molar-refractivity contribution in [3.63, 3.8) is 0 Å². The zero-order valence-corrected chi connectivity index (χ0v) is 20.6. The molecule has 7 heteroatoms. The molecule has 0 spiro atoms. The molecule has 0 aromatic heterocycles. The number of para-hydroxylation sites is 1. The lowest BCUT2D eigenvalue weighted by atomic mass is 9.99. The number of carbonyl (C=O) groups is 3. The number of carboxylic acid groups (broad SMARTS) is 2. The standard InChI is InChI=1S/C31H28N2O5/c34-29(24-8-2-1-3-9-24)20-32-19-22-7-6-10-25(17-22)23-15-13-21(14-16-23)18-28(31(37)38)33-27-12-5-4-11-26(27)30(35)36/h1-17,28,32-33H,18-20H2,(H,35,36)(H,37,38). The fourth-order valence-corrected chi connectivity index (χ4v) is 4.16. The lowest BCUT2D eigenvalue weighted by Gasteiger charge is -2.17. The number of carboxylic acids is 2. The molecule has 0 aliphatic carbocycles. The van der Waals surface area contributed by atoms with Crippen molar-refractivity contribution in [2.45, 2.75) is 19.0 Å². The van der Waals surface area contributed by atoms with Gasteiger partial charge in [0, 0.05) is 24.2 Å². The van der Waals surface area contributed by atoms with Crippen LogP contribution in [0.5, 0.6) is 0 Å². The van der Waals surface area contributed by atoms with Gasteiger partial charge in [-0.1, -0.05) is 84.9 Å². The number of ketones is 1. The Bertz CT molecular complexity index is 1420. The lowest BCUT2D eigenvalue weighted by Crippen LogP contribution is -2.32. The van der Waals surface area contributed by atoms with Gasteiger partial charge in [-0.15, -0.1) is 0 Å². The Morgan fingerprint density at radius 2 is 1.42 bits per heavy atom. The summed E-state index contributed by atoms with van der Waals surface area (Å²) in [4.78, 5) is 35.6. The first kappa shape index (κ1) is 26.3. The summed E-state index contributed by atoms with van der Waals surface area (Å²) in [5.41, 5.74) is 4.80. The molecule has 0 aliphatic rings. The van der Waals surface area contributed by atoms with Gasteiger partial charge in [0.2, 0.25) is 0 Å². The number of rotatable bonds is 12. The minimum atomic E-state index is -1.12. The number of aliphatic carboxylic acids is 1. The van der Waals surface area contributed by atoms with Crippen LogP contribution in [-0.2, 0) is 17.8 Å². The lowest BCUT2D eigenvalue weighted by molar-refractivity contribution is -0.137. The molecule has 0 aliphatic heterocycles. The molecule has 192 valence electrons. The third-order valence-corrected chi connectivity index (χ3v) is 6.15. The Hall–Kier alpha value is -4.75. The number of Topliss-reactive ketones (excluding diaryl/α,β-unsaturated/α-hetero) is 1. The van der Waals surface area contributed by atoms with Gasteiger partial charge in [-0.2, -0.15) is 0 Å². The summed E-state index contributed by atoms with van der Waals surface area (Å²) in [5, 5.41) is 25.2. The van der Waals surface area contributed by atoms with Crippen molar-refractivity contribution in [3.05, 3.63) is 125 Å². The summed E-state index contributed by atoms with van der Waals surface area (Å²) in [7, 11) is 0. The monoisotopic (exact) mass is 508 g/mol. The molecule has 4 aromatic rings. The minimum absolute atomic E-state index is 0.0212. The van der Waals surface area contributed by atoms with Gasteiger partial charge in [0.1, 0.15) is 6.04 Å². The highest BCUT2D eigenvalue weighted by Gasteiger charge is 2.20. The van der Waals surface area contributed by atoms with Crippen LogP contribution in [0.25, 0.3) is 11.1 Å². The van der Waals surface area contributed by atoms with E-state index >= 15 is 0 Å². The molecule has 7 nitrogen and oxygen atoms in total. The predicted octanol–water partition coefficient (Wildman–Crippen LogP) is 5.13. The molecule has 4 N–H and O–H groups in total. The topological polar surface area (TPSA) is 116 Å². The van der Waals surface area contributed by atoms with Gasteiger partial charge >= 0.3 is 11.9 Å². The Morgan fingerprint density at radius 3 is 2.13 bits per heavy atom. The van der Waals surface area contributed by atoms with E-state index in [0.717, 1.165) is 22.3 Å². The van der Waals surface area contributed by atoms with Gasteiger partial charge in [-0.25, -0.2) is 9.59 Å². The average Bonchev–Trinajstić information content (AvgIpc) is 2.94. The van der Waals surface area contributed by atoms with Crippen molar-refractivity contribution in [1.29, 1.82) is 0 Å². The van der Waals surface area contributed by atoms with Crippen LogP contribution in [0.15, 0.2) is 103 Å². The van der Waals surface area contributed by atoms with Crippen molar-refractivity contribution in [3.8, 4) is 11.1 Å². The van der Waals surface area contributed by atoms with E-state index in [1.807, 2.05) is 60.7 Å². The average molecular weight is 509 g/mol. The predicted molar refractivity (Wildman–Crippen MR) is 147 cm³/mol. The van der Waals surface area contributed by atoms with Crippen LogP contribution in [0, 0.1) is 0 Å². The maximum atomic E-state index is 12.3. The van der Waals surface area contributed by atoms with Crippen molar-refractivity contribution in [1.82, 2.24) is 5.32 Å². The third-order valence-electron chi connectivity index (χ3n) is 6.15. The molecule has 0 saturated carbocycles. The fraction of sp³-hybridized carbons (Fsp3) is 0.129. The zero-order chi connectivity index (χ0) is 26.9. The van der Waals surface area contributed by atoms with E-state index in [1.54, 1.807) is 30.3 Å². The van der Waals surface area contributed by atoms with Crippen LogP contribution in [0.4, 0.5) is 5.69 Å². The van der Waals surface area contributed by atoms with Gasteiger partial charge in [0.15, 0.2) is 5.78 Å². The molecule has 0 bridgehead atoms. The van der Waals surface area contributed by atoms with E-state index in [0.29, 0.717) is 12.1 Å². The van der Waals surface area contributed by atoms with Crippen molar-refractivity contribution >= 4 is 23.4 Å². The summed E-state index contributed by atoms with van der Waals surface area (Å²) < 4.78 is 0. The second-order valence-corrected chi connectivity index (χ2v) is 8.88. The van der Waals surface area contributed by atoms with E-state index in [9.17, 15) is 24.6 Å². The van der Waals surface area contributed by atoms with E-state index in [-0.39, 0.29) is 30.0 Å². The molecule has 0 heterocycles. The largest absolute Gasteiger partial charge is 0.480 e. The number of carbonyl (C=O) groups excluding carboxylic acids is 1. The van der Waals surface area contributed by atoms with Crippen LogP contribution in [0.3, 0.4) is 0 Å². The highest BCUT2D eigenvalue weighted by atomic mass is 16.4. The first-order chi connectivity index (χ1) is 18.4. The normalized spacial score (nSPS) is 11.5. The Kier molecular flexibility index (Phi) is 8.64. The number of hydrogen-bond acceptors (Lipinski definition) is 5. The maximum absolute atomic E-state index is 12.3. The Morgan fingerprint density at radius 1 is 0.711 bits per heavy atom. The fourth-order valence-electron chi connectivity index (χ4n) is 4.16. The smallest absolute Gasteiger partial charge is 0.337 e. The molecule has 4 aromatic carbocycles. The summed E-state index contributed by atoms with van der Waals surface area (Å²) in [6.07, 6.45) is 0.184. The van der Waals surface area contributed by atoms with E-state index in [4.69, 9.17) is 0 Å². The van der Waals surface area contributed by atoms with E-state index < -0.39 is 18.0 Å². The molecule has 1 atom stereocenters. The van der Waals surface area contributed by atoms with Crippen LogP contribution in [-0.4, -0.2) is 40.5 Å². The van der Waals surface area contributed by atoms with Crippen LogP contribution in [0.1, 0.15) is 31.8 Å². The van der Waals surface area contributed by atoms with Crippen molar-refractivity contribution in [2.75, 3.05) is 11.9 Å². The summed E-state index contributed by atoms with van der Waals surface area (Å²) in [6.45, 7) is 0.799. The summed E-state index contributed by atoms with van der Waals surface area (Å²) >= 11 is 0. The Labute approximate surface area is 220 Å². The van der Waals surface area contributed by atoms with Gasteiger partial charge in [0.25, 0.3) is 0 Å². The molecule has 38 heavy (non-hydrogen) atoms.